The molecule has 4 rings (SSSR count). The fourth-order valence-corrected chi connectivity index (χ4v) is 5.41. The van der Waals surface area contributed by atoms with E-state index < -0.39 is 0 Å². The van der Waals surface area contributed by atoms with Gasteiger partial charge in [-0.1, -0.05) is 0 Å². The summed E-state index contributed by atoms with van der Waals surface area (Å²) in [6.07, 6.45) is 3.24. The molecule has 0 aromatic carbocycles. The summed E-state index contributed by atoms with van der Waals surface area (Å²) in [7, 11) is 0. The van der Waals surface area contributed by atoms with Crippen molar-refractivity contribution < 1.29 is 10.2 Å². The Morgan fingerprint density at radius 2 is 1.08 bits per heavy atom. The maximum absolute atomic E-state index is 9.93. The van der Waals surface area contributed by atoms with Gasteiger partial charge in [0.05, 0.1) is 12.2 Å². The molecular weight excluding hydrogens is 164 g/mol. The summed E-state index contributed by atoms with van der Waals surface area (Å²) in [6, 6.07) is 0. The minimum Gasteiger partial charge on any atom is -0.393 e. The van der Waals surface area contributed by atoms with Crippen LogP contribution in [0, 0.1) is 35.5 Å². The van der Waals surface area contributed by atoms with E-state index in [0.717, 1.165) is 36.5 Å². The number of fused-ring (bicyclic) bond motifs is 2. The lowest BCUT2D eigenvalue weighted by molar-refractivity contribution is 0.0365. The topological polar surface area (TPSA) is 40.5 Å². The fraction of sp³-hybridized carbons (Fsp3) is 1.00. The van der Waals surface area contributed by atoms with Gasteiger partial charge < -0.3 is 10.2 Å². The van der Waals surface area contributed by atoms with E-state index in [1.165, 1.54) is 6.42 Å². The Balaban J connectivity index is 1.86. The van der Waals surface area contributed by atoms with E-state index in [1.807, 2.05) is 0 Å². The minimum absolute atomic E-state index is 0.0788. The highest BCUT2D eigenvalue weighted by Gasteiger charge is 2.68. The van der Waals surface area contributed by atoms with Gasteiger partial charge in [-0.05, 0) is 54.8 Å². The van der Waals surface area contributed by atoms with Crippen LogP contribution >= 0.6 is 0 Å². The van der Waals surface area contributed by atoms with Crippen molar-refractivity contribution in [2.75, 3.05) is 0 Å². The first-order valence-corrected chi connectivity index (χ1v) is 5.63. The average molecular weight is 180 g/mol. The molecule has 4 saturated carbocycles. The summed E-state index contributed by atoms with van der Waals surface area (Å²) < 4.78 is 0. The van der Waals surface area contributed by atoms with Crippen molar-refractivity contribution in [1.82, 2.24) is 0 Å². The molecular formula is C11H16O2. The van der Waals surface area contributed by atoms with Gasteiger partial charge in [-0.25, -0.2) is 0 Å². The van der Waals surface area contributed by atoms with Gasteiger partial charge in [0.25, 0.3) is 0 Å². The van der Waals surface area contributed by atoms with Crippen LogP contribution in [0.4, 0.5) is 0 Å². The third-order valence-corrected chi connectivity index (χ3v) is 5.54. The molecule has 2 N–H and O–H groups in total. The van der Waals surface area contributed by atoms with Gasteiger partial charge in [0.1, 0.15) is 0 Å². The SMILES string of the molecule is O[C@H]1CC2C3C[C@H](O)C4C3CC2C41. The standard InChI is InChI=1S/C11H16O2/c12-8-2-4-5-3-9(13)11-7(5)1-6(4)10(8)11/h4-13H,1-3H2/t4?,5?,6?,7?,8-,9-,10?,11?/m0/s1. The van der Waals surface area contributed by atoms with Crippen LogP contribution in [0.25, 0.3) is 0 Å². The highest BCUT2D eigenvalue weighted by Crippen LogP contribution is 2.70. The van der Waals surface area contributed by atoms with Gasteiger partial charge >= 0.3 is 0 Å². The maximum atomic E-state index is 9.93. The molecule has 72 valence electrons. The molecule has 0 spiro atoms. The average Bonchev–Trinajstić information content (AvgIpc) is 2.67. The summed E-state index contributed by atoms with van der Waals surface area (Å²) in [5.74, 6) is 4.07. The monoisotopic (exact) mass is 180 g/mol. The van der Waals surface area contributed by atoms with Crippen molar-refractivity contribution in [2.45, 2.75) is 31.5 Å². The highest BCUT2D eigenvalue weighted by atomic mass is 16.3. The lowest BCUT2D eigenvalue weighted by atomic mass is 9.79. The normalized spacial score (nSPS) is 72.5. The highest BCUT2D eigenvalue weighted by molar-refractivity contribution is 5.17. The first-order valence-electron chi connectivity index (χ1n) is 5.63. The van der Waals surface area contributed by atoms with Gasteiger partial charge in [-0.15, -0.1) is 0 Å². The van der Waals surface area contributed by atoms with Crippen LogP contribution in [0.3, 0.4) is 0 Å². The molecule has 6 unspecified atom stereocenters. The summed E-state index contributed by atoms with van der Waals surface area (Å²) in [5, 5.41) is 19.9. The van der Waals surface area contributed by atoms with Crippen molar-refractivity contribution in [3.05, 3.63) is 0 Å². The third kappa shape index (κ3) is 0.608. The van der Waals surface area contributed by atoms with E-state index in [4.69, 9.17) is 0 Å². The Hall–Kier alpha value is -0.0800. The Morgan fingerprint density at radius 1 is 0.615 bits per heavy atom. The Bertz CT molecular complexity index is 235. The lowest BCUT2D eigenvalue weighted by Crippen LogP contribution is -2.30. The molecule has 4 fully saturated rings. The molecule has 0 radical (unpaired) electrons. The zero-order chi connectivity index (χ0) is 8.74. The number of aliphatic hydroxyl groups excluding tert-OH is 2. The third-order valence-electron chi connectivity index (χ3n) is 5.54. The van der Waals surface area contributed by atoms with E-state index >= 15 is 0 Å². The molecule has 8 atom stereocenters. The summed E-state index contributed by atoms with van der Waals surface area (Å²) >= 11 is 0. The first kappa shape index (κ1) is 7.24. The second kappa shape index (κ2) is 1.96. The molecule has 4 aliphatic rings. The second-order valence-corrected chi connectivity index (χ2v) is 5.65. The van der Waals surface area contributed by atoms with Crippen LogP contribution in [0.1, 0.15) is 19.3 Å². The van der Waals surface area contributed by atoms with Crippen molar-refractivity contribution in [3.63, 3.8) is 0 Å². The number of hydrogen-bond acceptors (Lipinski definition) is 2. The molecule has 0 amide bonds. The molecule has 13 heavy (non-hydrogen) atoms. The molecule has 2 heteroatoms. The van der Waals surface area contributed by atoms with Crippen LogP contribution in [0.5, 0.6) is 0 Å². The van der Waals surface area contributed by atoms with Crippen LogP contribution in [-0.4, -0.2) is 22.4 Å². The Labute approximate surface area is 78.0 Å². The molecule has 0 aromatic heterocycles. The molecule has 4 aliphatic carbocycles. The maximum Gasteiger partial charge on any atom is 0.0577 e. The van der Waals surface area contributed by atoms with Crippen LogP contribution < -0.4 is 0 Å². The van der Waals surface area contributed by atoms with E-state index in [0.29, 0.717) is 11.8 Å². The van der Waals surface area contributed by atoms with Crippen molar-refractivity contribution in [2.24, 2.45) is 35.5 Å². The Morgan fingerprint density at radius 3 is 1.54 bits per heavy atom. The quantitative estimate of drug-likeness (QED) is 0.574. The van der Waals surface area contributed by atoms with Crippen molar-refractivity contribution in [1.29, 1.82) is 0 Å². The number of aliphatic hydroxyl groups is 2. The summed E-state index contributed by atoms with van der Waals surface area (Å²) in [6.45, 7) is 0. The van der Waals surface area contributed by atoms with Crippen LogP contribution in [-0.2, 0) is 0 Å². The van der Waals surface area contributed by atoms with Gasteiger partial charge in [0, 0.05) is 0 Å². The zero-order valence-corrected chi connectivity index (χ0v) is 7.63. The molecule has 2 nitrogen and oxygen atoms in total. The fourth-order valence-electron chi connectivity index (χ4n) is 5.41. The molecule has 2 bridgehead atoms. The largest absolute Gasteiger partial charge is 0.393 e. The molecule has 0 saturated heterocycles. The molecule has 0 aliphatic heterocycles. The van der Waals surface area contributed by atoms with Crippen molar-refractivity contribution >= 4 is 0 Å². The zero-order valence-electron chi connectivity index (χ0n) is 7.63. The van der Waals surface area contributed by atoms with Gasteiger partial charge in [-0.2, -0.15) is 0 Å². The molecule has 0 aromatic rings. The number of rotatable bonds is 0. The second-order valence-electron chi connectivity index (χ2n) is 5.65. The summed E-state index contributed by atoms with van der Waals surface area (Å²) in [5.41, 5.74) is 0. The van der Waals surface area contributed by atoms with E-state index in [2.05, 4.69) is 0 Å². The van der Waals surface area contributed by atoms with Crippen LogP contribution in [0.2, 0.25) is 0 Å². The summed E-state index contributed by atoms with van der Waals surface area (Å²) in [4.78, 5) is 0. The van der Waals surface area contributed by atoms with E-state index in [9.17, 15) is 10.2 Å². The molecule has 0 heterocycles. The van der Waals surface area contributed by atoms with E-state index in [-0.39, 0.29) is 12.2 Å². The predicted molar refractivity (Wildman–Crippen MR) is 46.8 cm³/mol. The van der Waals surface area contributed by atoms with E-state index in [1.54, 1.807) is 0 Å². The lowest BCUT2D eigenvalue weighted by Gasteiger charge is -2.27. The van der Waals surface area contributed by atoms with Gasteiger partial charge in [0.2, 0.25) is 0 Å². The smallest absolute Gasteiger partial charge is 0.0577 e. The van der Waals surface area contributed by atoms with Crippen LogP contribution in [0.15, 0.2) is 0 Å². The van der Waals surface area contributed by atoms with Crippen molar-refractivity contribution in [3.8, 4) is 0 Å². The predicted octanol–water partition coefficient (Wildman–Crippen LogP) is 0.630. The van der Waals surface area contributed by atoms with Gasteiger partial charge in [-0.3, -0.25) is 0 Å². The van der Waals surface area contributed by atoms with Gasteiger partial charge in [0.15, 0.2) is 0 Å². The minimum atomic E-state index is -0.0788. The first-order chi connectivity index (χ1) is 6.27. The number of hydrogen-bond donors (Lipinski definition) is 2. The Kier molecular flexibility index (Phi) is 1.09.